The van der Waals surface area contributed by atoms with Crippen LogP contribution in [0.3, 0.4) is 0 Å². The van der Waals surface area contributed by atoms with Gasteiger partial charge in [0.15, 0.2) is 16.0 Å². The lowest BCUT2D eigenvalue weighted by Crippen LogP contribution is -2.27. The molecule has 0 aliphatic carbocycles. The van der Waals surface area contributed by atoms with E-state index in [0.29, 0.717) is 5.82 Å². The van der Waals surface area contributed by atoms with Crippen LogP contribution in [0, 0.1) is 6.92 Å². The molecule has 0 fully saturated rings. The zero-order valence-corrected chi connectivity index (χ0v) is 23.1. The quantitative estimate of drug-likeness (QED) is 0.269. The fourth-order valence-corrected chi connectivity index (χ4v) is 4.93. The van der Waals surface area contributed by atoms with Gasteiger partial charge in [-0.3, -0.25) is 14.5 Å². The van der Waals surface area contributed by atoms with Gasteiger partial charge in [-0.25, -0.2) is 14.2 Å². The van der Waals surface area contributed by atoms with Gasteiger partial charge in [-0.1, -0.05) is 63.6 Å². The molecular formula is C28H30ClN5O2S. The standard InChI is InChI=1S/C28H30ClN5O2S/c1-6-21(22-16-19(13-14-30-22)28(3,4)5)31-23-11-8-12-24(32-23)37(36)34-27(35)20-15-18-10-7-9-17(2)25(18)33-26(20)29/h7-16,21H,6H2,1-5H3,(H,31,32)(H,34,35). The molecule has 0 aliphatic rings. The van der Waals surface area contributed by atoms with Crippen molar-refractivity contribution in [2.75, 3.05) is 5.32 Å². The van der Waals surface area contributed by atoms with Crippen LogP contribution < -0.4 is 10.0 Å². The number of hydrogen-bond donors (Lipinski definition) is 2. The molecular weight excluding hydrogens is 506 g/mol. The summed E-state index contributed by atoms with van der Waals surface area (Å²) in [7, 11) is -1.90. The fourth-order valence-electron chi connectivity index (χ4n) is 3.94. The molecule has 2 atom stereocenters. The lowest BCUT2D eigenvalue weighted by molar-refractivity contribution is 0.0982. The molecule has 7 nitrogen and oxygen atoms in total. The molecule has 0 radical (unpaired) electrons. The Balaban J connectivity index is 1.52. The smallest absolute Gasteiger partial charge is 0.266 e. The largest absolute Gasteiger partial charge is 0.362 e. The van der Waals surface area contributed by atoms with Crippen molar-refractivity contribution in [3.63, 3.8) is 0 Å². The average molecular weight is 536 g/mol. The van der Waals surface area contributed by atoms with Crippen molar-refractivity contribution >= 4 is 45.2 Å². The SMILES string of the molecule is CCC(Nc1cccc(S(=O)NC(=O)c2cc3cccc(C)c3nc2Cl)n1)c1cc(C(C)(C)C)ccn1. The summed E-state index contributed by atoms with van der Waals surface area (Å²) in [6, 6.07) is 16.5. The van der Waals surface area contributed by atoms with Crippen molar-refractivity contribution < 1.29 is 9.00 Å². The maximum atomic E-state index is 13.0. The van der Waals surface area contributed by atoms with Crippen LogP contribution >= 0.6 is 11.6 Å². The van der Waals surface area contributed by atoms with E-state index in [9.17, 15) is 9.00 Å². The summed E-state index contributed by atoms with van der Waals surface area (Å²) >= 11 is 6.29. The van der Waals surface area contributed by atoms with Gasteiger partial charge in [0.1, 0.15) is 11.0 Å². The number of benzene rings is 1. The maximum absolute atomic E-state index is 13.0. The summed E-state index contributed by atoms with van der Waals surface area (Å²) in [5, 5.41) is 4.43. The van der Waals surface area contributed by atoms with Gasteiger partial charge in [0.05, 0.1) is 22.8 Å². The Morgan fingerprint density at radius 1 is 1.08 bits per heavy atom. The summed E-state index contributed by atoms with van der Waals surface area (Å²) in [6.07, 6.45) is 2.60. The van der Waals surface area contributed by atoms with Crippen LogP contribution in [-0.2, 0) is 16.4 Å². The monoisotopic (exact) mass is 535 g/mol. The normalized spacial score (nSPS) is 13.2. The van der Waals surface area contributed by atoms with E-state index in [4.69, 9.17) is 11.6 Å². The molecule has 0 saturated heterocycles. The minimum Gasteiger partial charge on any atom is -0.362 e. The van der Waals surface area contributed by atoms with Gasteiger partial charge in [0.2, 0.25) is 0 Å². The number of pyridine rings is 3. The van der Waals surface area contributed by atoms with E-state index in [-0.39, 0.29) is 27.2 Å². The van der Waals surface area contributed by atoms with Crippen molar-refractivity contribution in [2.24, 2.45) is 0 Å². The van der Waals surface area contributed by atoms with Crippen molar-refractivity contribution in [1.82, 2.24) is 19.7 Å². The molecule has 1 amide bonds. The van der Waals surface area contributed by atoms with E-state index in [1.807, 2.05) is 37.4 Å². The van der Waals surface area contributed by atoms with Crippen molar-refractivity contribution in [2.45, 2.75) is 57.5 Å². The minimum atomic E-state index is -1.90. The molecule has 9 heteroatoms. The summed E-state index contributed by atoms with van der Waals surface area (Å²) in [5.41, 5.74) is 3.93. The Hall–Kier alpha value is -3.36. The van der Waals surface area contributed by atoms with Gasteiger partial charge in [-0.05, 0) is 60.2 Å². The first-order valence-corrected chi connectivity index (χ1v) is 13.6. The number of hydrogen-bond acceptors (Lipinski definition) is 6. The third-order valence-corrected chi connectivity index (χ3v) is 7.35. The van der Waals surface area contributed by atoms with Crippen LogP contribution in [-0.4, -0.2) is 25.1 Å². The summed E-state index contributed by atoms with van der Waals surface area (Å²) < 4.78 is 15.5. The van der Waals surface area contributed by atoms with Crippen LogP contribution in [0.5, 0.6) is 0 Å². The van der Waals surface area contributed by atoms with Gasteiger partial charge < -0.3 is 5.32 Å². The van der Waals surface area contributed by atoms with E-state index < -0.39 is 16.9 Å². The fraction of sp³-hybridized carbons (Fsp3) is 0.286. The molecule has 0 spiro atoms. The number of para-hydroxylation sites is 1. The number of nitrogens with zero attached hydrogens (tertiary/aromatic N) is 3. The van der Waals surface area contributed by atoms with E-state index >= 15 is 0 Å². The highest BCUT2D eigenvalue weighted by Gasteiger charge is 2.20. The third kappa shape index (κ3) is 6.14. The highest BCUT2D eigenvalue weighted by atomic mass is 35.5. The Kier molecular flexibility index (Phi) is 7.90. The predicted octanol–water partition coefficient (Wildman–Crippen LogP) is 6.30. The van der Waals surface area contributed by atoms with E-state index in [1.165, 1.54) is 5.56 Å². The number of amides is 1. The van der Waals surface area contributed by atoms with Gasteiger partial charge in [0.25, 0.3) is 5.91 Å². The average Bonchev–Trinajstić information content (AvgIpc) is 2.87. The molecule has 0 bridgehead atoms. The van der Waals surface area contributed by atoms with Crippen LogP contribution in [0.2, 0.25) is 5.15 Å². The number of rotatable bonds is 7. The summed E-state index contributed by atoms with van der Waals surface area (Å²) in [5.74, 6) is -0.0511. The van der Waals surface area contributed by atoms with Crippen LogP contribution in [0.1, 0.15) is 67.3 Å². The lowest BCUT2D eigenvalue weighted by atomic mass is 9.87. The molecule has 1 aromatic carbocycles. The first kappa shape index (κ1) is 26.7. The molecule has 37 heavy (non-hydrogen) atoms. The molecule has 2 unspecified atom stereocenters. The molecule has 192 valence electrons. The van der Waals surface area contributed by atoms with Crippen LogP contribution in [0.4, 0.5) is 5.82 Å². The number of carbonyl (C=O) groups is 1. The first-order valence-electron chi connectivity index (χ1n) is 12.1. The number of anilines is 1. The summed E-state index contributed by atoms with van der Waals surface area (Å²) in [6.45, 7) is 10.5. The predicted molar refractivity (Wildman–Crippen MR) is 149 cm³/mol. The van der Waals surface area contributed by atoms with Gasteiger partial charge in [-0.2, -0.15) is 0 Å². The highest BCUT2D eigenvalue weighted by Crippen LogP contribution is 2.27. The van der Waals surface area contributed by atoms with Gasteiger partial charge in [-0.15, -0.1) is 0 Å². The number of aryl methyl sites for hydroxylation is 1. The van der Waals surface area contributed by atoms with Crippen molar-refractivity contribution in [3.8, 4) is 0 Å². The molecule has 4 aromatic rings. The number of aromatic nitrogens is 3. The Bertz CT molecular complexity index is 1490. The third-order valence-electron chi connectivity index (χ3n) is 6.08. The van der Waals surface area contributed by atoms with Crippen molar-refractivity contribution in [3.05, 3.63) is 88.3 Å². The van der Waals surface area contributed by atoms with E-state index in [2.05, 4.69) is 58.8 Å². The van der Waals surface area contributed by atoms with E-state index in [1.54, 1.807) is 24.3 Å². The Morgan fingerprint density at radius 3 is 2.57 bits per heavy atom. The highest BCUT2D eigenvalue weighted by molar-refractivity contribution is 7.83. The Morgan fingerprint density at radius 2 is 1.84 bits per heavy atom. The second kappa shape index (κ2) is 10.9. The topological polar surface area (TPSA) is 96.9 Å². The van der Waals surface area contributed by atoms with Crippen LogP contribution in [0.25, 0.3) is 10.9 Å². The molecule has 0 aliphatic heterocycles. The second-order valence-corrected chi connectivity index (χ2v) is 11.4. The molecule has 2 N–H and O–H groups in total. The first-order chi connectivity index (χ1) is 17.6. The molecule has 0 saturated carbocycles. The Labute approximate surface area is 224 Å². The molecule has 3 heterocycles. The lowest BCUT2D eigenvalue weighted by Gasteiger charge is -2.22. The zero-order valence-electron chi connectivity index (χ0n) is 21.5. The number of nitrogens with one attached hydrogen (secondary N) is 2. The number of carbonyl (C=O) groups excluding carboxylic acids is 1. The van der Waals surface area contributed by atoms with Gasteiger partial charge in [0, 0.05) is 11.6 Å². The minimum absolute atomic E-state index is 0.00550. The summed E-state index contributed by atoms with van der Waals surface area (Å²) in [4.78, 5) is 26.3. The molecule has 3 aromatic heterocycles. The van der Waals surface area contributed by atoms with Crippen molar-refractivity contribution in [1.29, 1.82) is 0 Å². The second-order valence-electron chi connectivity index (χ2n) is 9.86. The van der Waals surface area contributed by atoms with Gasteiger partial charge >= 0.3 is 0 Å². The molecule has 4 rings (SSSR count). The van der Waals surface area contributed by atoms with Crippen LogP contribution in [0.15, 0.2) is 65.8 Å². The maximum Gasteiger partial charge on any atom is 0.266 e. The number of fused-ring (bicyclic) bond motifs is 1. The number of halogens is 1. The van der Waals surface area contributed by atoms with E-state index in [0.717, 1.165) is 28.6 Å². The zero-order chi connectivity index (χ0) is 26.7.